The topological polar surface area (TPSA) is 40.6 Å². The first-order chi connectivity index (χ1) is 16.0. The molecule has 184 valence electrons. The van der Waals surface area contributed by atoms with E-state index in [1.54, 1.807) is 24.1 Å². The molecular formula is C29H39ClN2O2. The van der Waals surface area contributed by atoms with Gasteiger partial charge in [-0.1, -0.05) is 38.4 Å². The lowest BCUT2D eigenvalue weighted by Crippen LogP contribution is -2.38. The van der Waals surface area contributed by atoms with Crippen LogP contribution in [-0.2, 0) is 11.2 Å². The Balaban J connectivity index is 1.50. The molecule has 1 saturated heterocycles. The Morgan fingerprint density at radius 3 is 2.29 bits per heavy atom. The van der Waals surface area contributed by atoms with Crippen molar-refractivity contribution >= 4 is 29.0 Å². The van der Waals surface area contributed by atoms with Gasteiger partial charge in [0.25, 0.3) is 5.91 Å². The molecule has 0 aromatic heterocycles. The maximum Gasteiger partial charge on any atom is 0.258 e. The van der Waals surface area contributed by atoms with Crippen molar-refractivity contribution in [2.75, 3.05) is 31.6 Å². The van der Waals surface area contributed by atoms with Crippen molar-refractivity contribution in [3.05, 3.63) is 64.2 Å². The summed E-state index contributed by atoms with van der Waals surface area (Å²) in [4.78, 5) is 29.9. The van der Waals surface area contributed by atoms with Crippen LogP contribution in [0, 0.1) is 18.3 Å². The van der Waals surface area contributed by atoms with E-state index < -0.39 is 0 Å². The van der Waals surface area contributed by atoms with Crippen molar-refractivity contribution < 1.29 is 9.59 Å². The first-order valence-electron chi connectivity index (χ1n) is 12.4. The Labute approximate surface area is 210 Å². The number of carbonyl (C=O) groups is 2. The highest BCUT2D eigenvalue weighted by Crippen LogP contribution is 2.25. The van der Waals surface area contributed by atoms with Gasteiger partial charge in [0, 0.05) is 35.7 Å². The van der Waals surface area contributed by atoms with Crippen LogP contribution in [0.1, 0.15) is 67.9 Å². The number of anilines is 1. The molecule has 1 fully saturated rings. The van der Waals surface area contributed by atoms with E-state index in [1.165, 1.54) is 6.42 Å². The number of hydrogen-bond acceptors (Lipinski definition) is 3. The smallest absolute Gasteiger partial charge is 0.258 e. The van der Waals surface area contributed by atoms with Crippen molar-refractivity contribution in [2.24, 2.45) is 11.3 Å². The lowest BCUT2D eigenvalue weighted by Gasteiger charge is -2.33. The Hall–Kier alpha value is -2.17. The van der Waals surface area contributed by atoms with Crippen molar-refractivity contribution in [3.8, 4) is 0 Å². The van der Waals surface area contributed by atoms with E-state index >= 15 is 0 Å². The average molecular weight is 483 g/mol. The maximum absolute atomic E-state index is 12.9. The van der Waals surface area contributed by atoms with Gasteiger partial charge in [-0.3, -0.25) is 9.59 Å². The van der Waals surface area contributed by atoms with Crippen LogP contribution in [0.3, 0.4) is 0 Å². The molecule has 0 unspecified atom stereocenters. The molecule has 4 nitrogen and oxygen atoms in total. The molecule has 1 aliphatic rings. The predicted molar refractivity (Wildman–Crippen MR) is 142 cm³/mol. The van der Waals surface area contributed by atoms with Gasteiger partial charge in [-0.2, -0.15) is 0 Å². The quantitative estimate of drug-likeness (QED) is 0.427. The minimum atomic E-state index is -0.0636. The number of hydrogen-bond donors (Lipinski definition) is 0. The van der Waals surface area contributed by atoms with Gasteiger partial charge in [-0.15, -0.1) is 0 Å². The number of Topliss-reactive ketones (excluding diaryl/α,β-unsaturated/α-hetero) is 1. The van der Waals surface area contributed by atoms with Crippen LogP contribution in [0.25, 0.3) is 0 Å². The van der Waals surface area contributed by atoms with Crippen molar-refractivity contribution in [2.45, 2.75) is 59.8 Å². The minimum Gasteiger partial charge on any atom is -0.311 e. The molecule has 5 heteroatoms. The fourth-order valence-corrected chi connectivity index (χ4v) is 4.65. The molecule has 1 amide bonds. The number of rotatable bonds is 8. The van der Waals surface area contributed by atoms with Gasteiger partial charge in [0.1, 0.15) is 5.78 Å². The van der Waals surface area contributed by atoms with Crippen LogP contribution in [0.2, 0.25) is 5.02 Å². The number of likely N-dealkylation sites (tertiary alicyclic amines) is 1. The van der Waals surface area contributed by atoms with E-state index in [4.69, 9.17) is 11.6 Å². The summed E-state index contributed by atoms with van der Waals surface area (Å²) in [7, 11) is 1.77. The second-order valence-corrected chi connectivity index (χ2v) is 11.3. The number of piperidine rings is 1. The van der Waals surface area contributed by atoms with Crippen LogP contribution in [-0.4, -0.2) is 43.3 Å². The third kappa shape index (κ3) is 7.41. The number of benzene rings is 2. The third-order valence-corrected chi connectivity index (χ3v) is 7.22. The lowest BCUT2D eigenvalue weighted by molar-refractivity contribution is -0.124. The summed E-state index contributed by atoms with van der Waals surface area (Å²) in [5.41, 5.74) is 4.00. The molecule has 2 aromatic rings. The van der Waals surface area contributed by atoms with Crippen LogP contribution < -0.4 is 4.90 Å². The Morgan fingerprint density at radius 1 is 1.06 bits per heavy atom. The second kappa shape index (κ2) is 11.5. The van der Waals surface area contributed by atoms with Crippen molar-refractivity contribution in [1.82, 2.24) is 4.90 Å². The van der Waals surface area contributed by atoms with Crippen molar-refractivity contribution in [1.29, 1.82) is 0 Å². The first kappa shape index (κ1) is 26.4. The molecule has 0 radical (unpaired) electrons. The normalized spacial score (nSPS) is 15.4. The molecule has 0 atom stereocenters. The standard InChI is InChI=1S/C29H39ClN2O2/c1-21-20-24(28(34)31(5)26-11-9-25(30)10-12-26)7-6-22(21)8-13-27(33)23-14-17-32(18-15-23)19-16-29(2,3)4/h6-7,9-12,20,23H,8,13-19H2,1-5H3. The molecule has 0 N–H and O–H groups in total. The number of carbonyl (C=O) groups excluding carboxylic acids is 2. The van der Waals surface area contributed by atoms with Crippen molar-refractivity contribution in [3.63, 3.8) is 0 Å². The Kier molecular flexibility index (Phi) is 8.95. The van der Waals surface area contributed by atoms with Gasteiger partial charge in [0.2, 0.25) is 0 Å². The van der Waals surface area contributed by atoms with E-state index in [-0.39, 0.29) is 11.8 Å². The van der Waals surface area contributed by atoms with Gasteiger partial charge in [-0.05, 0) is 105 Å². The summed E-state index contributed by atoms with van der Waals surface area (Å²) >= 11 is 5.96. The molecule has 1 heterocycles. The second-order valence-electron chi connectivity index (χ2n) is 10.9. The van der Waals surface area contributed by atoms with Gasteiger partial charge >= 0.3 is 0 Å². The van der Waals surface area contributed by atoms with Crippen LogP contribution in [0.4, 0.5) is 5.69 Å². The summed E-state index contributed by atoms with van der Waals surface area (Å²) in [6, 6.07) is 13.0. The number of aryl methyl sites for hydroxylation is 2. The largest absolute Gasteiger partial charge is 0.311 e. The number of nitrogens with zero attached hydrogens (tertiary/aromatic N) is 2. The summed E-state index contributed by atoms with van der Waals surface area (Å²) in [6.45, 7) is 12.1. The van der Waals surface area contributed by atoms with E-state index in [2.05, 4.69) is 25.7 Å². The summed E-state index contributed by atoms with van der Waals surface area (Å²) in [5.74, 6) is 0.517. The fraction of sp³-hybridized carbons (Fsp3) is 0.517. The fourth-order valence-electron chi connectivity index (χ4n) is 4.52. The summed E-state index contributed by atoms with van der Waals surface area (Å²) in [6.07, 6.45) is 4.46. The molecule has 3 rings (SSSR count). The van der Waals surface area contributed by atoms with Crippen LogP contribution in [0.15, 0.2) is 42.5 Å². The predicted octanol–water partition coefficient (Wildman–Crippen LogP) is 6.57. The SMILES string of the molecule is Cc1cc(C(=O)N(C)c2ccc(Cl)cc2)ccc1CCC(=O)C1CCN(CCC(C)(C)C)CC1. The Bertz CT molecular complexity index is 986. The molecule has 0 aliphatic carbocycles. The summed E-state index contributed by atoms with van der Waals surface area (Å²) in [5, 5.41) is 0.644. The molecule has 2 aromatic carbocycles. The zero-order valence-electron chi connectivity index (χ0n) is 21.4. The highest BCUT2D eigenvalue weighted by atomic mass is 35.5. The number of ketones is 1. The maximum atomic E-state index is 12.9. The van der Waals surface area contributed by atoms with Gasteiger partial charge < -0.3 is 9.80 Å². The molecule has 1 aliphatic heterocycles. The third-order valence-electron chi connectivity index (χ3n) is 6.97. The van der Waals surface area contributed by atoms with E-state index in [0.717, 1.165) is 55.7 Å². The van der Waals surface area contributed by atoms with Gasteiger partial charge in [-0.25, -0.2) is 0 Å². The van der Waals surface area contributed by atoms with Gasteiger partial charge in [0.15, 0.2) is 0 Å². The van der Waals surface area contributed by atoms with Crippen LogP contribution in [0.5, 0.6) is 0 Å². The van der Waals surface area contributed by atoms with E-state index in [1.807, 2.05) is 37.3 Å². The van der Waals surface area contributed by atoms with E-state index in [9.17, 15) is 9.59 Å². The summed E-state index contributed by atoms with van der Waals surface area (Å²) < 4.78 is 0. The molecule has 0 bridgehead atoms. The molecule has 34 heavy (non-hydrogen) atoms. The first-order valence-corrected chi connectivity index (χ1v) is 12.8. The zero-order chi connectivity index (χ0) is 24.9. The zero-order valence-corrected chi connectivity index (χ0v) is 22.1. The lowest BCUT2D eigenvalue weighted by atomic mass is 9.87. The highest BCUT2D eigenvalue weighted by molar-refractivity contribution is 6.30. The molecule has 0 saturated carbocycles. The van der Waals surface area contributed by atoms with E-state index in [0.29, 0.717) is 28.2 Å². The average Bonchev–Trinajstić information content (AvgIpc) is 2.81. The van der Waals surface area contributed by atoms with Crippen LogP contribution >= 0.6 is 11.6 Å². The number of amides is 1. The Morgan fingerprint density at radius 2 is 1.71 bits per heavy atom. The highest BCUT2D eigenvalue weighted by Gasteiger charge is 2.25. The minimum absolute atomic E-state index is 0.0636. The monoisotopic (exact) mass is 482 g/mol. The molecule has 0 spiro atoms. The van der Waals surface area contributed by atoms with Gasteiger partial charge in [0.05, 0.1) is 0 Å². The molecular weight excluding hydrogens is 444 g/mol. The number of halogens is 1.